The molecule has 2 unspecified atom stereocenters. The number of rotatable bonds is 2. The van der Waals surface area contributed by atoms with Gasteiger partial charge in [-0.05, 0) is 75.8 Å². The van der Waals surface area contributed by atoms with E-state index in [0.29, 0.717) is 23.1 Å². The van der Waals surface area contributed by atoms with Crippen molar-refractivity contribution in [1.82, 2.24) is 5.01 Å². The molecule has 0 radical (unpaired) electrons. The topological polar surface area (TPSA) is 43.8 Å². The second-order valence-corrected chi connectivity index (χ2v) is 10.3. The van der Waals surface area contributed by atoms with Crippen molar-refractivity contribution in [3.8, 4) is 0 Å². The number of carbonyl (C=O) groups excluding carboxylic acids is 1. The normalized spacial score (nSPS) is 37.3. The molecule has 5 fully saturated rings. The van der Waals surface area contributed by atoms with Gasteiger partial charge in [0, 0.05) is 10.8 Å². The maximum atomic E-state index is 14.4. The number of hydrogen-bond donors (Lipinski definition) is 1. The number of nitrogens with zero attached hydrogens (tertiary/aromatic N) is 2. The van der Waals surface area contributed by atoms with Crippen molar-refractivity contribution in [3.63, 3.8) is 0 Å². The lowest BCUT2D eigenvalue weighted by atomic mass is 9.52. The van der Waals surface area contributed by atoms with Gasteiger partial charge in [-0.25, -0.2) is 9.40 Å². The van der Waals surface area contributed by atoms with Crippen LogP contribution in [0.3, 0.4) is 0 Å². The molecule has 0 spiro atoms. The Kier molecular flexibility index (Phi) is 3.36. The van der Waals surface area contributed by atoms with Crippen LogP contribution in [0.15, 0.2) is 36.4 Å². The Labute approximate surface area is 170 Å². The van der Waals surface area contributed by atoms with Crippen molar-refractivity contribution in [2.45, 2.75) is 63.1 Å². The Bertz CT molecular complexity index is 1020. The van der Waals surface area contributed by atoms with Crippen LogP contribution in [0.25, 0.3) is 10.8 Å². The number of amides is 1. The van der Waals surface area contributed by atoms with Crippen LogP contribution < -0.4 is 5.01 Å². The van der Waals surface area contributed by atoms with Gasteiger partial charge in [0.05, 0.1) is 17.3 Å². The molecule has 152 valence electrons. The van der Waals surface area contributed by atoms with Crippen molar-refractivity contribution in [2.75, 3.05) is 5.01 Å². The Morgan fingerprint density at radius 2 is 1.66 bits per heavy atom. The molecule has 1 saturated heterocycles. The van der Waals surface area contributed by atoms with Crippen molar-refractivity contribution in [3.05, 3.63) is 42.2 Å². The summed E-state index contributed by atoms with van der Waals surface area (Å²) in [5.41, 5.74) is -0.296. The van der Waals surface area contributed by atoms with Crippen LogP contribution in [0.5, 0.6) is 0 Å². The summed E-state index contributed by atoms with van der Waals surface area (Å²) in [6.45, 7) is 3.90. The summed E-state index contributed by atoms with van der Waals surface area (Å²) < 4.78 is 14.4. The molecule has 1 heterocycles. The molecular weight excluding hydrogens is 367 g/mol. The molecule has 4 aliphatic carbocycles. The number of anilines is 1. The first-order valence-electron chi connectivity index (χ1n) is 10.8. The zero-order chi connectivity index (χ0) is 20.1. The molecule has 5 aliphatic rings. The number of aliphatic hydroxyl groups is 1. The minimum Gasteiger partial charge on any atom is -0.390 e. The van der Waals surface area contributed by atoms with E-state index in [1.54, 1.807) is 6.07 Å². The quantitative estimate of drug-likeness (QED) is 0.828. The van der Waals surface area contributed by atoms with Gasteiger partial charge in [0.25, 0.3) is 5.91 Å². The minimum atomic E-state index is -0.661. The molecule has 2 aromatic carbocycles. The first-order valence-corrected chi connectivity index (χ1v) is 10.8. The summed E-state index contributed by atoms with van der Waals surface area (Å²) in [5.74, 6) is 1.19. The lowest BCUT2D eigenvalue weighted by molar-refractivity contribution is -0.190. The fraction of sp³-hybridized carbons (Fsp3) is 0.542. The predicted molar refractivity (Wildman–Crippen MR) is 110 cm³/mol. The fourth-order valence-corrected chi connectivity index (χ4v) is 7.16. The zero-order valence-corrected chi connectivity index (χ0v) is 16.9. The molecule has 1 amide bonds. The predicted octanol–water partition coefficient (Wildman–Crippen LogP) is 4.26. The summed E-state index contributed by atoms with van der Waals surface area (Å²) in [7, 11) is 0. The highest BCUT2D eigenvalue weighted by molar-refractivity contribution is 6.03. The van der Waals surface area contributed by atoms with E-state index in [2.05, 4.69) is 5.01 Å². The van der Waals surface area contributed by atoms with E-state index < -0.39 is 11.1 Å². The molecule has 0 aromatic heterocycles. The number of halogens is 1. The maximum Gasteiger partial charge on any atom is 0.268 e. The van der Waals surface area contributed by atoms with Gasteiger partial charge in [0.1, 0.15) is 11.4 Å². The SMILES string of the molecule is CC1(C)C(=O)N([C@H]2C3CC4CC2C[C@@](O)(C4)C3)N1c1ccc(F)c2ccccc12. The molecule has 2 aromatic rings. The average Bonchev–Trinajstić information content (AvgIpc) is 2.67. The lowest BCUT2D eigenvalue weighted by Crippen LogP contribution is -2.81. The van der Waals surface area contributed by atoms with Crippen LogP contribution in [0, 0.1) is 23.6 Å². The number of benzene rings is 2. The van der Waals surface area contributed by atoms with E-state index in [1.807, 2.05) is 43.1 Å². The van der Waals surface area contributed by atoms with Crippen LogP contribution >= 0.6 is 0 Å². The second-order valence-electron chi connectivity index (χ2n) is 10.3. The molecule has 5 heteroatoms. The summed E-state index contributed by atoms with van der Waals surface area (Å²) in [6, 6.07) is 10.9. The van der Waals surface area contributed by atoms with Gasteiger partial charge in [-0.2, -0.15) is 0 Å². The fourth-order valence-electron chi connectivity index (χ4n) is 7.16. The highest BCUT2D eigenvalue weighted by Gasteiger charge is 2.63. The van der Waals surface area contributed by atoms with E-state index in [1.165, 1.54) is 6.07 Å². The Hall–Kier alpha value is -2.14. The summed E-state index contributed by atoms with van der Waals surface area (Å²) >= 11 is 0. The van der Waals surface area contributed by atoms with Crippen molar-refractivity contribution in [2.24, 2.45) is 17.8 Å². The van der Waals surface area contributed by atoms with Gasteiger partial charge >= 0.3 is 0 Å². The van der Waals surface area contributed by atoms with Crippen molar-refractivity contribution in [1.29, 1.82) is 0 Å². The van der Waals surface area contributed by atoms with E-state index in [-0.39, 0.29) is 17.8 Å². The van der Waals surface area contributed by atoms with Gasteiger partial charge in [0.2, 0.25) is 0 Å². The largest absolute Gasteiger partial charge is 0.390 e. The van der Waals surface area contributed by atoms with Gasteiger partial charge in [-0.15, -0.1) is 0 Å². The highest BCUT2D eigenvalue weighted by Crippen LogP contribution is 2.59. The van der Waals surface area contributed by atoms with E-state index in [4.69, 9.17) is 0 Å². The van der Waals surface area contributed by atoms with E-state index in [0.717, 1.165) is 43.2 Å². The lowest BCUT2D eigenvalue weighted by Gasteiger charge is -2.67. The highest BCUT2D eigenvalue weighted by atomic mass is 19.1. The molecule has 4 bridgehead atoms. The molecule has 1 N–H and O–H groups in total. The van der Waals surface area contributed by atoms with Gasteiger partial charge in [0.15, 0.2) is 0 Å². The standard InChI is InChI=1S/C24H27FN2O2/c1-23(2)22(28)26(21-15-9-14-10-16(21)13-24(29,11-14)12-15)27(23)20-8-7-19(25)17-5-3-4-6-18(17)20/h3-8,14-16,21,29H,9-13H2,1-2H3/t14?,15?,16?,21-,24+. The van der Waals surface area contributed by atoms with Crippen LogP contribution in [0.4, 0.5) is 10.1 Å². The number of hydrogen-bond acceptors (Lipinski definition) is 3. The van der Waals surface area contributed by atoms with Crippen LogP contribution in [-0.4, -0.2) is 33.2 Å². The second kappa shape index (κ2) is 5.51. The van der Waals surface area contributed by atoms with Crippen molar-refractivity contribution >= 4 is 22.4 Å². The van der Waals surface area contributed by atoms with Crippen LogP contribution in [0.1, 0.15) is 46.0 Å². The van der Waals surface area contributed by atoms with Crippen molar-refractivity contribution < 1.29 is 14.3 Å². The molecule has 4 nitrogen and oxygen atoms in total. The summed E-state index contributed by atoms with van der Waals surface area (Å²) in [6.07, 6.45) is 4.73. The maximum absolute atomic E-state index is 14.4. The Balaban J connectivity index is 1.45. The Morgan fingerprint density at radius 3 is 2.31 bits per heavy atom. The monoisotopic (exact) mass is 394 g/mol. The third kappa shape index (κ3) is 2.25. The zero-order valence-electron chi connectivity index (χ0n) is 16.9. The minimum absolute atomic E-state index is 0.135. The van der Waals surface area contributed by atoms with Crippen LogP contribution in [-0.2, 0) is 4.79 Å². The smallest absolute Gasteiger partial charge is 0.268 e. The average molecular weight is 394 g/mol. The van der Waals surface area contributed by atoms with Crippen LogP contribution in [0.2, 0.25) is 0 Å². The third-order valence-electron chi connectivity index (χ3n) is 8.03. The van der Waals surface area contributed by atoms with E-state index >= 15 is 0 Å². The first kappa shape index (κ1) is 17.7. The Morgan fingerprint density at radius 1 is 1.00 bits per heavy atom. The number of carbonyl (C=O) groups is 1. The number of fused-ring (bicyclic) bond motifs is 1. The summed E-state index contributed by atoms with van der Waals surface area (Å²) in [4.78, 5) is 13.3. The van der Waals surface area contributed by atoms with Gasteiger partial charge < -0.3 is 5.11 Å². The molecule has 2 atom stereocenters. The van der Waals surface area contributed by atoms with Gasteiger partial charge in [-0.1, -0.05) is 24.3 Å². The molecule has 29 heavy (non-hydrogen) atoms. The molecule has 1 aliphatic heterocycles. The third-order valence-corrected chi connectivity index (χ3v) is 8.03. The molecule has 4 saturated carbocycles. The first-order chi connectivity index (χ1) is 13.8. The van der Waals surface area contributed by atoms with Gasteiger partial charge in [-0.3, -0.25) is 9.80 Å². The molecular formula is C24H27FN2O2. The van der Waals surface area contributed by atoms with E-state index in [9.17, 15) is 14.3 Å². The number of hydrazine groups is 1. The molecule has 7 rings (SSSR count). The summed E-state index contributed by atoms with van der Waals surface area (Å²) in [5, 5.41) is 16.4.